The minimum atomic E-state index is -0.508. The van der Waals surface area contributed by atoms with Gasteiger partial charge in [-0.15, -0.1) is 0 Å². The predicted molar refractivity (Wildman–Crippen MR) is 144 cm³/mol. The van der Waals surface area contributed by atoms with Crippen molar-refractivity contribution < 1.29 is 33.3 Å². The van der Waals surface area contributed by atoms with Gasteiger partial charge in [-0.25, -0.2) is 9.78 Å². The number of fused-ring (bicyclic) bond motifs is 2. The average Bonchev–Trinajstić information content (AvgIpc) is 3.70. The fourth-order valence-electron chi connectivity index (χ4n) is 5.80. The molecule has 4 atom stereocenters. The van der Waals surface area contributed by atoms with Crippen molar-refractivity contribution in [2.45, 2.75) is 37.6 Å². The smallest absolute Gasteiger partial charge is 0.415 e. The Balaban J connectivity index is 1.04. The highest BCUT2D eigenvalue weighted by atomic mass is 16.6. The largest absolute Gasteiger partial charge is 0.489 e. The van der Waals surface area contributed by atoms with Crippen LogP contribution in [0, 0.1) is 17.2 Å². The number of carbonyl (C=O) groups is 3. The van der Waals surface area contributed by atoms with E-state index in [2.05, 4.69) is 27.0 Å². The van der Waals surface area contributed by atoms with E-state index in [1.54, 1.807) is 18.2 Å². The maximum atomic E-state index is 12.5. The molecule has 0 radical (unpaired) electrons. The Morgan fingerprint density at radius 2 is 2.20 bits per heavy atom. The zero-order valence-corrected chi connectivity index (χ0v) is 22.3. The van der Waals surface area contributed by atoms with Gasteiger partial charge in [0.25, 0.3) is 12.4 Å². The molecule has 6 rings (SSSR count). The summed E-state index contributed by atoms with van der Waals surface area (Å²) in [6.45, 7) is 3.44. The van der Waals surface area contributed by atoms with Gasteiger partial charge in [0.1, 0.15) is 29.9 Å². The Morgan fingerprint density at radius 3 is 3.00 bits per heavy atom. The monoisotopic (exact) mass is 562 g/mol. The summed E-state index contributed by atoms with van der Waals surface area (Å²) in [5.74, 6) is 1.33. The highest BCUT2D eigenvalue weighted by molar-refractivity contribution is 5.95. The van der Waals surface area contributed by atoms with Crippen molar-refractivity contribution in [1.82, 2.24) is 15.6 Å². The van der Waals surface area contributed by atoms with Crippen molar-refractivity contribution >= 4 is 30.1 Å². The topological polar surface area (TPSA) is 164 Å². The second-order valence-corrected chi connectivity index (χ2v) is 10.5. The first-order valence-corrected chi connectivity index (χ1v) is 13.7. The van der Waals surface area contributed by atoms with Crippen LogP contribution in [0.1, 0.15) is 35.6 Å². The summed E-state index contributed by atoms with van der Waals surface area (Å²) in [7, 11) is 0. The molecular weight excluding hydrogens is 532 g/mol. The van der Waals surface area contributed by atoms with Crippen LogP contribution in [0.15, 0.2) is 24.3 Å². The van der Waals surface area contributed by atoms with E-state index in [0.717, 1.165) is 30.6 Å². The number of hydrogen-bond donors (Lipinski definition) is 3. The van der Waals surface area contributed by atoms with Crippen LogP contribution in [0.5, 0.6) is 11.5 Å². The first kappa shape index (κ1) is 26.8. The summed E-state index contributed by atoms with van der Waals surface area (Å²) >= 11 is 0. The number of rotatable bonds is 10. The molecule has 1 aromatic carbocycles. The Hall–Kier alpha value is -4.41. The van der Waals surface area contributed by atoms with Crippen molar-refractivity contribution in [2.75, 3.05) is 49.5 Å². The first-order valence-electron chi connectivity index (χ1n) is 13.7. The molecule has 0 bridgehead atoms. The number of carbonyl (C=O) groups excluding carboxylic acids is 3. The summed E-state index contributed by atoms with van der Waals surface area (Å²) in [4.78, 5) is 41.3. The number of pyridine rings is 1. The van der Waals surface area contributed by atoms with Crippen LogP contribution in [0.25, 0.3) is 0 Å². The minimum Gasteiger partial charge on any atom is -0.489 e. The van der Waals surface area contributed by atoms with Crippen LogP contribution in [-0.4, -0.2) is 75.0 Å². The van der Waals surface area contributed by atoms with Crippen LogP contribution in [0.2, 0.25) is 0 Å². The van der Waals surface area contributed by atoms with Gasteiger partial charge in [0.05, 0.1) is 18.2 Å². The summed E-state index contributed by atoms with van der Waals surface area (Å²) in [5, 5.41) is 19.1. The number of aromatic nitrogens is 1. The second-order valence-electron chi connectivity index (χ2n) is 10.5. The van der Waals surface area contributed by atoms with E-state index in [-0.39, 0.29) is 36.5 Å². The Kier molecular flexibility index (Phi) is 7.58. The third kappa shape index (κ3) is 5.61. The van der Waals surface area contributed by atoms with E-state index in [9.17, 15) is 19.6 Å². The van der Waals surface area contributed by atoms with Crippen LogP contribution >= 0.6 is 0 Å². The molecule has 13 heteroatoms. The summed E-state index contributed by atoms with van der Waals surface area (Å²) in [5.41, 5.74) is 2.22. The summed E-state index contributed by atoms with van der Waals surface area (Å²) in [6, 6.07) is 9.25. The van der Waals surface area contributed by atoms with E-state index in [4.69, 9.17) is 18.9 Å². The van der Waals surface area contributed by atoms with Crippen LogP contribution in [0.3, 0.4) is 0 Å². The lowest BCUT2D eigenvalue weighted by atomic mass is 10.0. The molecule has 3 aliphatic heterocycles. The molecule has 1 aromatic heterocycles. The highest BCUT2D eigenvalue weighted by Crippen LogP contribution is 2.42. The Morgan fingerprint density at radius 1 is 1.29 bits per heavy atom. The fraction of sp³-hybridized carbons (Fsp3) is 0.464. The van der Waals surface area contributed by atoms with Gasteiger partial charge in [-0.1, -0.05) is 0 Å². The zero-order chi connectivity index (χ0) is 28.3. The molecule has 0 spiro atoms. The van der Waals surface area contributed by atoms with Crippen LogP contribution in [0.4, 0.5) is 16.4 Å². The fourth-order valence-corrected chi connectivity index (χ4v) is 5.80. The Bertz CT molecular complexity index is 1390. The molecule has 3 N–H and O–H groups in total. The average molecular weight is 563 g/mol. The molecule has 2 aromatic rings. The van der Waals surface area contributed by atoms with E-state index >= 15 is 0 Å². The summed E-state index contributed by atoms with van der Waals surface area (Å²) in [6.07, 6.45) is 0.733. The number of anilines is 2. The third-order valence-corrected chi connectivity index (χ3v) is 7.76. The minimum absolute atomic E-state index is 0.0439. The molecule has 2 saturated heterocycles. The van der Waals surface area contributed by atoms with E-state index < -0.39 is 12.2 Å². The molecule has 41 heavy (non-hydrogen) atoms. The SMILES string of the molecule is N#Cc1cc(OC2CCNC2)cc2c1CC(CNCCC1CN(c3ccc4c(n3)NC(=O)CO4)C(=O)O1)C2OC=O. The van der Waals surface area contributed by atoms with Crippen molar-refractivity contribution in [3.8, 4) is 17.6 Å². The standard InChI is InChI=1S/C28H30N6O7/c29-10-16-7-20(40-18-3-5-31-12-18)9-22-21(16)8-17(26(22)39-15-35)11-30-6-4-19-13-34(28(37)41-19)24-2-1-23-27(32-24)33-25(36)14-38-23/h1-2,7,9,15,17-19,26,30-31H,3-6,8,11-14H2,(H,32,33,36). The van der Waals surface area contributed by atoms with Crippen molar-refractivity contribution in [1.29, 1.82) is 5.26 Å². The number of nitriles is 1. The van der Waals surface area contributed by atoms with Gasteiger partial charge < -0.3 is 34.9 Å². The quantitative estimate of drug-likeness (QED) is 0.283. The molecule has 2 fully saturated rings. The van der Waals surface area contributed by atoms with Crippen LogP contribution < -0.4 is 30.3 Å². The van der Waals surface area contributed by atoms with E-state index in [1.165, 1.54) is 4.90 Å². The molecule has 4 heterocycles. The number of ether oxygens (including phenoxy) is 4. The van der Waals surface area contributed by atoms with Crippen molar-refractivity contribution in [2.24, 2.45) is 5.92 Å². The lowest BCUT2D eigenvalue weighted by molar-refractivity contribution is -0.136. The van der Waals surface area contributed by atoms with Gasteiger partial charge in [0.2, 0.25) is 0 Å². The number of nitrogens with zero attached hydrogens (tertiary/aromatic N) is 3. The normalized spacial score (nSPS) is 24.5. The zero-order valence-electron chi connectivity index (χ0n) is 22.3. The number of amides is 2. The highest BCUT2D eigenvalue weighted by Gasteiger charge is 2.37. The molecule has 13 nitrogen and oxygen atoms in total. The van der Waals surface area contributed by atoms with E-state index in [1.807, 2.05) is 6.07 Å². The van der Waals surface area contributed by atoms with Crippen molar-refractivity contribution in [3.05, 3.63) is 41.0 Å². The number of nitrogens with one attached hydrogen (secondary N) is 3. The van der Waals surface area contributed by atoms with E-state index in [0.29, 0.717) is 61.8 Å². The molecule has 4 unspecified atom stereocenters. The molecule has 214 valence electrons. The Labute approximate surface area is 236 Å². The van der Waals surface area contributed by atoms with Crippen molar-refractivity contribution in [3.63, 3.8) is 0 Å². The van der Waals surface area contributed by atoms with Gasteiger partial charge >= 0.3 is 6.09 Å². The maximum absolute atomic E-state index is 12.5. The predicted octanol–water partition coefficient (Wildman–Crippen LogP) is 1.42. The third-order valence-electron chi connectivity index (χ3n) is 7.76. The first-order chi connectivity index (χ1) is 20.0. The second kappa shape index (κ2) is 11.6. The maximum Gasteiger partial charge on any atom is 0.415 e. The van der Waals surface area contributed by atoms with Crippen LogP contribution in [-0.2, 0) is 25.5 Å². The summed E-state index contributed by atoms with van der Waals surface area (Å²) < 4.78 is 22.5. The van der Waals surface area contributed by atoms with Gasteiger partial charge in [0.15, 0.2) is 18.2 Å². The van der Waals surface area contributed by atoms with Gasteiger partial charge in [-0.05, 0) is 62.2 Å². The number of hydrogen-bond acceptors (Lipinski definition) is 11. The molecular formula is C28H30N6O7. The van der Waals surface area contributed by atoms with Gasteiger partial charge in [-0.3, -0.25) is 14.5 Å². The number of benzene rings is 1. The molecule has 4 aliphatic rings. The number of cyclic esters (lactones) is 1. The van der Waals surface area contributed by atoms with Gasteiger partial charge in [0, 0.05) is 24.6 Å². The molecule has 0 saturated carbocycles. The molecule has 2 amide bonds. The lowest BCUT2D eigenvalue weighted by Crippen LogP contribution is -2.31. The van der Waals surface area contributed by atoms with Gasteiger partial charge in [-0.2, -0.15) is 5.26 Å². The lowest BCUT2D eigenvalue weighted by Gasteiger charge is -2.20. The molecule has 1 aliphatic carbocycles.